The van der Waals surface area contributed by atoms with E-state index in [-0.39, 0.29) is 24.3 Å². The van der Waals surface area contributed by atoms with Crippen LogP contribution < -0.4 is 17.2 Å². The molecule has 1 fully saturated rings. The quantitative estimate of drug-likeness (QED) is 0.0632. The second kappa shape index (κ2) is 12.4. The first-order valence-electron chi connectivity index (χ1n) is 9.30. The van der Waals surface area contributed by atoms with E-state index in [1.165, 1.54) is 6.20 Å². The monoisotopic (exact) mass is 575 g/mol. The Morgan fingerprint density at radius 3 is 2.58 bits per heavy atom. The van der Waals surface area contributed by atoms with E-state index >= 15 is 0 Å². The molecule has 0 spiro atoms. The summed E-state index contributed by atoms with van der Waals surface area (Å²) in [5, 5.41) is 3.18. The Morgan fingerprint density at radius 2 is 1.97 bits per heavy atom. The van der Waals surface area contributed by atoms with Crippen LogP contribution in [0.25, 0.3) is 10.4 Å². The second-order valence-corrected chi connectivity index (χ2v) is 11.0. The molecule has 2 rings (SSSR count). The fourth-order valence-corrected chi connectivity index (χ4v) is 5.78. The number of hydrogen-bond acceptors (Lipinski definition) is 13. The summed E-state index contributed by atoms with van der Waals surface area (Å²) >= 11 is 0. The van der Waals surface area contributed by atoms with Gasteiger partial charge in [-0.1, -0.05) is 17.0 Å². The first-order chi connectivity index (χ1) is 16.7. The molecule has 0 amide bonds. The van der Waals surface area contributed by atoms with Crippen LogP contribution in [0.4, 0.5) is 5.82 Å². The SMILES string of the molecule is [N-]=[N+]=NCO[C@H]1C[C@H](n2cc(C#CCN)c(N)nc2=O)O[C@@H]1COP(=O)(O)OP(=O)(O)OP(=O)(O)O. The molecule has 20 nitrogen and oxygen atoms in total. The van der Waals surface area contributed by atoms with E-state index in [4.69, 9.17) is 36.3 Å². The van der Waals surface area contributed by atoms with Crippen molar-refractivity contribution >= 4 is 29.3 Å². The fourth-order valence-electron chi connectivity index (χ4n) is 2.75. The first-order valence-corrected chi connectivity index (χ1v) is 13.8. The number of azide groups is 1. The Bertz CT molecular complexity index is 1270. The summed E-state index contributed by atoms with van der Waals surface area (Å²) in [6.45, 7) is -1.39. The molecule has 0 bridgehead atoms. The standard InChI is InChI=1S/C13H20N7O13P3/c14-3-1-2-8-5-20(13(21)18-12(8)15)11-4-9(29-7-17-19-16)10(31-11)6-30-35(25,26)33-36(27,28)32-34(22,23)24/h5,9-11H,3-4,6-7,14H2,(H,25,26)(H,27,28)(H2,15,18,21)(H2,22,23,24)/t9-,10+,11+/m0/s1. The van der Waals surface area contributed by atoms with E-state index < -0.39 is 60.9 Å². The van der Waals surface area contributed by atoms with E-state index in [2.05, 4.69) is 40.0 Å². The Hall–Kier alpha value is -2.16. The third-order valence-corrected chi connectivity index (χ3v) is 7.83. The number of phosphoric ester groups is 1. The average Bonchev–Trinajstić information content (AvgIpc) is 3.12. The van der Waals surface area contributed by atoms with E-state index in [1.807, 2.05) is 0 Å². The van der Waals surface area contributed by atoms with Crippen LogP contribution in [-0.2, 0) is 36.3 Å². The molecule has 0 saturated carbocycles. The van der Waals surface area contributed by atoms with Gasteiger partial charge in [0.1, 0.15) is 24.9 Å². The molecule has 200 valence electrons. The summed E-state index contributed by atoms with van der Waals surface area (Å²) in [5.74, 6) is 4.99. The number of nitrogens with two attached hydrogens (primary N) is 2. The van der Waals surface area contributed by atoms with Crippen molar-refractivity contribution in [3.05, 3.63) is 32.7 Å². The maximum atomic E-state index is 12.4. The van der Waals surface area contributed by atoms with Gasteiger partial charge in [-0.2, -0.15) is 13.6 Å². The number of hydrogen-bond donors (Lipinski definition) is 6. The van der Waals surface area contributed by atoms with Gasteiger partial charge in [-0.15, -0.1) is 0 Å². The minimum Gasteiger partial charge on any atom is -0.382 e. The highest BCUT2D eigenvalue weighted by Gasteiger charge is 2.43. The van der Waals surface area contributed by atoms with Gasteiger partial charge < -0.3 is 40.5 Å². The second-order valence-electron chi connectivity index (χ2n) is 6.55. The van der Waals surface area contributed by atoms with Crippen molar-refractivity contribution in [1.29, 1.82) is 0 Å². The Kier molecular flexibility index (Phi) is 10.3. The van der Waals surface area contributed by atoms with Crippen LogP contribution in [0.15, 0.2) is 16.1 Å². The molecule has 1 aliphatic rings. The number of phosphoric acid groups is 3. The summed E-state index contributed by atoms with van der Waals surface area (Å²) in [4.78, 5) is 54.5. The molecule has 8 N–H and O–H groups in total. The lowest BCUT2D eigenvalue weighted by Crippen LogP contribution is -2.29. The van der Waals surface area contributed by atoms with Crippen molar-refractivity contribution < 1.29 is 55.9 Å². The molecular formula is C13H20N7O13P3. The first kappa shape index (κ1) is 30.1. The average molecular weight is 575 g/mol. The van der Waals surface area contributed by atoms with Gasteiger partial charge in [-0.05, 0) is 5.53 Å². The molecule has 1 aromatic rings. The normalized spacial score (nSPS) is 23.1. The molecule has 5 atom stereocenters. The number of rotatable bonds is 11. The van der Waals surface area contributed by atoms with Crippen LogP contribution in [0.1, 0.15) is 18.2 Å². The molecule has 36 heavy (non-hydrogen) atoms. The minimum absolute atomic E-state index is 0.00348. The maximum Gasteiger partial charge on any atom is 0.490 e. The highest BCUT2D eigenvalue weighted by atomic mass is 31.3. The van der Waals surface area contributed by atoms with Crippen LogP contribution in [0.2, 0.25) is 0 Å². The Morgan fingerprint density at radius 1 is 1.28 bits per heavy atom. The number of nitrogen functional groups attached to an aromatic ring is 1. The zero-order valence-electron chi connectivity index (χ0n) is 17.8. The maximum absolute atomic E-state index is 12.4. The van der Waals surface area contributed by atoms with Crippen molar-refractivity contribution in [1.82, 2.24) is 9.55 Å². The van der Waals surface area contributed by atoms with Gasteiger partial charge in [0.2, 0.25) is 0 Å². The zero-order valence-corrected chi connectivity index (χ0v) is 20.5. The van der Waals surface area contributed by atoms with E-state index in [0.29, 0.717) is 0 Å². The highest BCUT2D eigenvalue weighted by molar-refractivity contribution is 7.66. The lowest BCUT2D eigenvalue weighted by molar-refractivity contribution is -0.0601. The summed E-state index contributed by atoms with van der Waals surface area (Å²) in [6.07, 6.45) is -2.30. The number of anilines is 1. The number of nitrogens with zero attached hydrogens (tertiary/aromatic N) is 5. The van der Waals surface area contributed by atoms with Gasteiger partial charge in [0.25, 0.3) is 0 Å². The summed E-state index contributed by atoms with van der Waals surface area (Å²) in [5.41, 5.74) is 18.7. The fraction of sp³-hybridized carbons (Fsp3) is 0.538. The zero-order chi connectivity index (χ0) is 27.1. The van der Waals surface area contributed by atoms with E-state index in [0.717, 1.165) is 4.57 Å². The van der Waals surface area contributed by atoms with E-state index in [1.54, 1.807) is 0 Å². The topological polar surface area (TPSA) is 314 Å². The minimum atomic E-state index is -5.74. The molecule has 1 aliphatic heterocycles. The van der Waals surface area contributed by atoms with Crippen molar-refractivity contribution in [2.45, 2.75) is 24.9 Å². The lowest BCUT2D eigenvalue weighted by Gasteiger charge is -2.21. The smallest absolute Gasteiger partial charge is 0.382 e. The number of ether oxygens (including phenoxy) is 2. The van der Waals surface area contributed by atoms with Crippen molar-refractivity contribution in [2.75, 3.05) is 25.6 Å². The lowest BCUT2D eigenvalue weighted by atomic mass is 10.2. The molecule has 0 aliphatic carbocycles. The molecule has 0 radical (unpaired) electrons. The number of aromatic nitrogens is 2. The Balaban J connectivity index is 2.22. The largest absolute Gasteiger partial charge is 0.490 e. The summed E-state index contributed by atoms with van der Waals surface area (Å²) < 4.78 is 58.0. The van der Waals surface area contributed by atoms with Crippen LogP contribution in [0.5, 0.6) is 0 Å². The highest BCUT2D eigenvalue weighted by Crippen LogP contribution is 2.66. The van der Waals surface area contributed by atoms with Gasteiger partial charge in [0.15, 0.2) is 0 Å². The van der Waals surface area contributed by atoms with Crippen molar-refractivity contribution in [3.63, 3.8) is 0 Å². The molecule has 23 heteroatoms. The van der Waals surface area contributed by atoms with Crippen molar-refractivity contribution in [3.8, 4) is 11.8 Å². The van der Waals surface area contributed by atoms with Gasteiger partial charge in [-0.3, -0.25) is 9.09 Å². The van der Waals surface area contributed by atoms with Gasteiger partial charge in [0, 0.05) is 17.5 Å². The molecule has 1 aromatic heterocycles. The molecule has 2 heterocycles. The summed E-state index contributed by atoms with van der Waals surface area (Å²) in [6, 6.07) is 0. The van der Waals surface area contributed by atoms with E-state index in [9.17, 15) is 28.3 Å². The van der Waals surface area contributed by atoms with Crippen LogP contribution in [-0.4, -0.2) is 61.2 Å². The molecule has 2 unspecified atom stereocenters. The van der Waals surface area contributed by atoms with Gasteiger partial charge in [-0.25, -0.2) is 18.5 Å². The third-order valence-electron chi connectivity index (χ3n) is 4.02. The third kappa shape index (κ3) is 9.37. The molecule has 0 aromatic carbocycles. The summed E-state index contributed by atoms with van der Waals surface area (Å²) in [7, 11) is -16.8. The molecule has 1 saturated heterocycles. The van der Waals surface area contributed by atoms with Gasteiger partial charge in [0.05, 0.1) is 24.8 Å². The van der Waals surface area contributed by atoms with Crippen molar-refractivity contribution in [2.24, 2.45) is 10.8 Å². The molecular weight excluding hydrogens is 555 g/mol. The van der Waals surface area contributed by atoms with Gasteiger partial charge >= 0.3 is 29.2 Å². The Labute approximate surface area is 201 Å². The predicted molar refractivity (Wildman–Crippen MR) is 116 cm³/mol. The van der Waals surface area contributed by atoms with Crippen LogP contribution in [0, 0.1) is 11.8 Å². The predicted octanol–water partition coefficient (Wildman–Crippen LogP) is -0.580. The van der Waals surface area contributed by atoms with Crippen LogP contribution in [0.3, 0.4) is 0 Å². The van der Waals surface area contributed by atoms with Crippen LogP contribution >= 0.6 is 23.5 Å².